The molecule has 0 saturated carbocycles. The molecule has 0 amide bonds. The van der Waals surface area contributed by atoms with E-state index in [9.17, 15) is 0 Å². The van der Waals surface area contributed by atoms with E-state index in [-0.39, 0.29) is 0 Å². The van der Waals surface area contributed by atoms with Crippen molar-refractivity contribution in [3.05, 3.63) is 383 Å². The number of rotatable bonds is 0. The van der Waals surface area contributed by atoms with Crippen LogP contribution in [0.2, 0.25) is 0 Å². The fourth-order valence-electron chi connectivity index (χ4n) is 18.3. The lowest BCUT2D eigenvalue weighted by molar-refractivity contribution is 1.00. The molecule has 7 aliphatic carbocycles. The van der Waals surface area contributed by atoms with Crippen LogP contribution in [0.1, 0.15) is 201 Å². The second-order valence-corrected chi connectivity index (χ2v) is 33.8. The van der Waals surface area contributed by atoms with E-state index in [0.29, 0.717) is 0 Å². The van der Waals surface area contributed by atoms with Gasteiger partial charge >= 0.3 is 0 Å². The molecule has 0 saturated heterocycles. The Morgan fingerprint density at radius 1 is 0.186 bits per heavy atom. The van der Waals surface area contributed by atoms with Gasteiger partial charge in [0.2, 0.25) is 0 Å². The third kappa shape index (κ3) is 14.9. The first-order valence-corrected chi connectivity index (χ1v) is 40.9. The van der Waals surface area contributed by atoms with Crippen molar-refractivity contribution in [1.29, 1.82) is 0 Å². The van der Waals surface area contributed by atoms with Gasteiger partial charge in [-0.15, -0.1) is 0 Å². The molecule has 4 nitrogen and oxygen atoms in total. The van der Waals surface area contributed by atoms with Crippen LogP contribution in [0.4, 0.5) is 0 Å². The number of hydrogen-bond donors (Lipinski definition) is 0. The molecule has 113 heavy (non-hydrogen) atoms. The largest absolute Gasteiger partial charge is 0.257 e. The van der Waals surface area contributed by atoms with E-state index in [1.807, 2.05) is 0 Å². The summed E-state index contributed by atoms with van der Waals surface area (Å²) in [4.78, 5) is 18.7. The summed E-state index contributed by atoms with van der Waals surface area (Å²) in [6.07, 6.45) is 7.29. The molecule has 4 heteroatoms. The highest BCUT2D eigenvalue weighted by atomic mass is 14.8. The molecule has 0 N–H and O–H groups in total. The monoisotopic (exact) mass is 1470 g/mol. The molecule has 4 heterocycles. The summed E-state index contributed by atoms with van der Waals surface area (Å²) in [7, 11) is 0. The van der Waals surface area contributed by atoms with Gasteiger partial charge in [0.25, 0.3) is 0 Å². The lowest BCUT2D eigenvalue weighted by Gasteiger charge is -2.11. The lowest BCUT2D eigenvalue weighted by Crippen LogP contribution is -1.94. The molecular formula is C109H110N4. The number of benzene rings is 10. The van der Waals surface area contributed by atoms with E-state index in [4.69, 9.17) is 4.98 Å². The summed E-state index contributed by atoms with van der Waals surface area (Å²) in [6, 6.07) is 67.4. The Kier molecular flexibility index (Phi) is 21.2. The Morgan fingerprint density at radius 2 is 0.575 bits per heavy atom. The predicted octanol–water partition coefficient (Wildman–Crippen LogP) is 27.2. The van der Waals surface area contributed by atoms with E-state index in [2.05, 4.69) is 349 Å². The molecule has 0 bridgehead atoms. The zero-order chi connectivity index (χ0) is 79.9. The Balaban J connectivity index is 0.000000104. The molecule has 7 aliphatic rings. The van der Waals surface area contributed by atoms with Crippen molar-refractivity contribution in [3.63, 3.8) is 0 Å². The quantitative estimate of drug-likeness (QED) is 0.152. The van der Waals surface area contributed by atoms with Crippen molar-refractivity contribution >= 4 is 0 Å². The van der Waals surface area contributed by atoms with Crippen LogP contribution < -0.4 is 0 Å². The summed E-state index contributed by atoms with van der Waals surface area (Å²) in [5.41, 5.74) is 68.7. The molecule has 566 valence electrons. The lowest BCUT2D eigenvalue weighted by atomic mass is 9.93. The van der Waals surface area contributed by atoms with Crippen molar-refractivity contribution in [2.75, 3.05) is 0 Å². The minimum absolute atomic E-state index is 0.882. The smallest absolute Gasteiger partial charge is 0.0548 e. The van der Waals surface area contributed by atoms with Gasteiger partial charge in [0, 0.05) is 57.9 Å². The van der Waals surface area contributed by atoms with Gasteiger partial charge in [-0.3, -0.25) is 19.9 Å². The highest BCUT2D eigenvalue weighted by molar-refractivity contribution is 5.85. The Hall–Kier alpha value is -11.2. The van der Waals surface area contributed by atoms with E-state index in [1.165, 1.54) is 256 Å². The van der Waals surface area contributed by atoms with Crippen LogP contribution in [-0.2, 0) is 44.9 Å². The van der Waals surface area contributed by atoms with Crippen LogP contribution >= 0.6 is 0 Å². The third-order valence-electron chi connectivity index (χ3n) is 26.0. The standard InChI is InChI=1S/4C16H16.2C15H16N2.C15H14/c1-10-4-5-13-9-14-7-11(2)12(3)8-16(14)15(13)6-10;1-10-5-4-6-13-9-14-7-11(2)12(3)8-15(14)16(10)13;1-10-8-14-9-13-6-4-5-7-15(13)16(14)12(3)11(10)2;1-10-8-16-14-7-5-4-6-13(14)9-15(16)12(3)11(10)2;1-8-6-12-13(17-11(8)4)7-14-15(12)9(2)5-10(3)16-14;1-8-5-12-13-6-9(2)11(4)17-15(13)7-14(12)16-10(8)3;1-10-7-13-9-12-5-3-4-6-14(12)15(13)8-11(10)2/h4*4-8H,9H2,1-3H3;2*5-6H,7H2,1-4H3;3-8H,9H2,1-2H3. The average Bonchev–Trinajstić information content (AvgIpc) is 1.63. The Bertz CT molecular complexity index is 6170. The number of pyridine rings is 4. The van der Waals surface area contributed by atoms with Crippen molar-refractivity contribution in [2.24, 2.45) is 0 Å². The summed E-state index contributed by atoms with van der Waals surface area (Å²) < 4.78 is 0. The van der Waals surface area contributed by atoms with Gasteiger partial charge in [0.15, 0.2) is 0 Å². The highest BCUT2D eigenvalue weighted by Crippen LogP contribution is 2.46. The summed E-state index contributed by atoms with van der Waals surface area (Å²) in [5, 5.41) is 0. The normalized spacial score (nSPS) is 12.4. The number of aromatic nitrogens is 4. The second-order valence-electron chi connectivity index (χ2n) is 33.8. The minimum Gasteiger partial charge on any atom is -0.257 e. The third-order valence-corrected chi connectivity index (χ3v) is 26.0. The zero-order valence-corrected chi connectivity index (χ0v) is 71.1. The molecule has 21 rings (SSSR count). The molecule has 0 aliphatic heterocycles. The van der Waals surface area contributed by atoms with Gasteiger partial charge in [0.1, 0.15) is 0 Å². The van der Waals surface area contributed by atoms with Crippen LogP contribution in [0.15, 0.2) is 182 Å². The maximum absolute atomic E-state index is 4.70. The van der Waals surface area contributed by atoms with Crippen molar-refractivity contribution in [1.82, 2.24) is 19.9 Å². The van der Waals surface area contributed by atoms with Gasteiger partial charge < -0.3 is 0 Å². The number of hydrogen-bond acceptors (Lipinski definition) is 4. The van der Waals surface area contributed by atoms with Crippen LogP contribution in [0.5, 0.6) is 0 Å². The van der Waals surface area contributed by atoms with E-state index in [0.717, 1.165) is 67.7 Å². The summed E-state index contributed by atoms with van der Waals surface area (Å²) in [5.74, 6) is 0. The molecule has 0 radical (unpaired) electrons. The van der Waals surface area contributed by atoms with Crippen molar-refractivity contribution in [2.45, 2.75) is 197 Å². The zero-order valence-electron chi connectivity index (χ0n) is 71.1. The maximum atomic E-state index is 4.70. The van der Waals surface area contributed by atoms with Gasteiger partial charge in [-0.05, 0) is 415 Å². The second kappa shape index (κ2) is 31.1. The van der Waals surface area contributed by atoms with Gasteiger partial charge in [0.05, 0.1) is 22.8 Å². The van der Waals surface area contributed by atoms with Crippen LogP contribution in [0.3, 0.4) is 0 Å². The van der Waals surface area contributed by atoms with E-state index < -0.39 is 0 Å². The van der Waals surface area contributed by atoms with Gasteiger partial charge in [-0.2, -0.15) is 0 Å². The van der Waals surface area contributed by atoms with E-state index >= 15 is 0 Å². The first-order valence-electron chi connectivity index (χ1n) is 40.9. The fraction of sp³-hybridized carbons (Fsp3) is 0.266. The molecule has 4 aromatic heterocycles. The topological polar surface area (TPSA) is 51.6 Å². The number of aryl methyl sites for hydroxylation is 18. The Labute approximate surface area is 674 Å². The van der Waals surface area contributed by atoms with Crippen molar-refractivity contribution in [3.8, 4) is 77.9 Å². The van der Waals surface area contributed by atoms with Crippen molar-refractivity contribution < 1.29 is 0 Å². The first kappa shape index (κ1) is 77.1. The Morgan fingerprint density at radius 3 is 1.16 bits per heavy atom. The fourth-order valence-corrected chi connectivity index (χ4v) is 18.3. The maximum Gasteiger partial charge on any atom is 0.0548 e. The molecule has 0 atom stereocenters. The number of fused-ring (bicyclic) bond motifs is 21. The molecular weight excluding hydrogens is 1370 g/mol. The summed E-state index contributed by atoms with van der Waals surface area (Å²) >= 11 is 0. The average molecular weight is 1480 g/mol. The molecule has 0 unspecified atom stereocenters. The molecule has 10 aromatic carbocycles. The SMILES string of the molecule is Cc1cc(C)c2c(n1)Cc1nc(C)c(C)cc1-2.Cc1cc2c(c(C)c1C)-c1ccccc1C2.Cc1cc2c(c(C)c1C)Cc1ccccc1-2.Cc1cc2c(cc1C)-c1c(C)cccc1C2.Cc1cc2c(cc1C)-c1ccccc1C2.Cc1cc2c(nc1C)Cc1nc(C)c(C)cc1-2.Cc1ccc2c(c1)-c1cc(C)c(C)cc1C2. The first-order chi connectivity index (χ1) is 54.0. The van der Waals surface area contributed by atoms with Gasteiger partial charge in [-0.25, -0.2) is 0 Å². The minimum atomic E-state index is 0.882. The summed E-state index contributed by atoms with van der Waals surface area (Å²) in [6.45, 7) is 47.8. The van der Waals surface area contributed by atoms with E-state index in [1.54, 1.807) is 0 Å². The molecule has 14 aromatic rings. The van der Waals surface area contributed by atoms with Crippen LogP contribution in [0.25, 0.3) is 77.9 Å². The highest BCUT2D eigenvalue weighted by Gasteiger charge is 2.29. The molecule has 0 fully saturated rings. The van der Waals surface area contributed by atoms with Gasteiger partial charge in [-0.1, -0.05) is 163 Å². The number of nitrogens with zero attached hydrogens (tertiary/aromatic N) is 4. The predicted molar refractivity (Wildman–Crippen MR) is 478 cm³/mol. The molecule has 0 spiro atoms. The van der Waals surface area contributed by atoms with Crippen LogP contribution in [0, 0.1) is 152 Å². The van der Waals surface area contributed by atoms with Crippen LogP contribution in [-0.4, -0.2) is 19.9 Å².